The van der Waals surface area contributed by atoms with Gasteiger partial charge in [0.25, 0.3) is 5.91 Å². The molecule has 120 valence electrons. The number of urea groups is 1. The van der Waals surface area contributed by atoms with Crippen LogP contribution in [0.15, 0.2) is 24.3 Å². The molecule has 7 heteroatoms. The van der Waals surface area contributed by atoms with Crippen LogP contribution in [0.25, 0.3) is 0 Å². The maximum absolute atomic E-state index is 11.8. The lowest BCUT2D eigenvalue weighted by atomic mass is 10.1. The van der Waals surface area contributed by atoms with Crippen LogP contribution in [0.4, 0.5) is 4.79 Å². The zero-order valence-corrected chi connectivity index (χ0v) is 12.5. The van der Waals surface area contributed by atoms with Gasteiger partial charge < -0.3 is 21.1 Å². The summed E-state index contributed by atoms with van der Waals surface area (Å²) in [7, 11) is 0. The molecule has 0 aromatic heterocycles. The standard InChI is InChI=1S/C15H21N3O4/c1-11-4-6-12(7-5-11)14(21)16-9-10-18-15(22)17-8-2-3-13(19)20/h4-7H,2-3,8-10H2,1H3,(H,16,21)(H,19,20)(H2,17,18,22). The Morgan fingerprint density at radius 1 is 0.955 bits per heavy atom. The van der Waals surface area contributed by atoms with E-state index in [0.29, 0.717) is 31.6 Å². The number of carbonyl (C=O) groups excluding carboxylic acids is 2. The molecule has 0 saturated carbocycles. The number of benzene rings is 1. The maximum atomic E-state index is 11.8. The summed E-state index contributed by atoms with van der Waals surface area (Å²) in [5, 5.41) is 16.3. The Hall–Kier alpha value is -2.57. The average Bonchev–Trinajstić information content (AvgIpc) is 2.48. The minimum absolute atomic E-state index is 0.0207. The molecule has 0 spiro atoms. The molecule has 0 heterocycles. The minimum Gasteiger partial charge on any atom is -0.481 e. The van der Waals surface area contributed by atoms with Crippen molar-refractivity contribution in [2.24, 2.45) is 0 Å². The van der Waals surface area contributed by atoms with Crippen molar-refractivity contribution in [2.45, 2.75) is 19.8 Å². The smallest absolute Gasteiger partial charge is 0.314 e. The molecule has 3 amide bonds. The SMILES string of the molecule is Cc1ccc(C(=O)NCCNC(=O)NCCCC(=O)O)cc1. The third-order valence-electron chi connectivity index (χ3n) is 2.86. The molecule has 1 rings (SSSR count). The first-order chi connectivity index (χ1) is 10.5. The number of nitrogens with one attached hydrogen (secondary N) is 3. The summed E-state index contributed by atoms with van der Waals surface area (Å²) in [6, 6.07) is 6.82. The molecule has 0 aliphatic rings. The second-order valence-electron chi connectivity index (χ2n) is 4.80. The maximum Gasteiger partial charge on any atom is 0.314 e. The van der Waals surface area contributed by atoms with Gasteiger partial charge in [-0.15, -0.1) is 0 Å². The highest BCUT2D eigenvalue weighted by Gasteiger charge is 2.04. The van der Waals surface area contributed by atoms with Crippen molar-refractivity contribution in [1.82, 2.24) is 16.0 Å². The van der Waals surface area contributed by atoms with Gasteiger partial charge in [0.15, 0.2) is 0 Å². The van der Waals surface area contributed by atoms with Crippen LogP contribution in [0.2, 0.25) is 0 Å². The second kappa shape index (κ2) is 9.38. The van der Waals surface area contributed by atoms with Crippen molar-refractivity contribution in [2.75, 3.05) is 19.6 Å². The van der Waals surface area contributed by atoms with Gasteiger partial charge in [-0.1, -0.05) is 17.7 Å². The molecule has 4 N–H and O–H groups in total. The third-order valence-corrected chi connectivity index (χ3v) is 2.86. The van der Waals surface area contributed by atoms with Gasteiger partial charge in [0.2, 0.25) is 0 Å². The van der Waals surface area contributed by atoms with Crippen LogP contribution in [0.5, 0.6) is 0 Å². The highest BCUT2D eigenvalue weighted by atomic mass is 16.4. The van der Waals surface area contributed by atoms with E-state index in [2.05, 4.69) is 16.0 Å². The van der Waals surface area contributed by atoms with Gasteiger partial charge in [-0.2, -0.15) is 0 Å². The Balaban J connectivity index is 2.11. The molecule has 0 saturated heterocycles. The summed E-state index contributed by atoms with van der Waals surface area (Å²) in [5.41, 5.74) is 1.65. The Labute approximate surface area is 129 Å². The Morgan fingerprint density at radius 2 is 1.55 bits per heavy atom. The molecule has 0 atom stereocenters. The number of carbonyl (C=O) groups is 3. The molecule has 0 bridgehead atoms. The zero-order chi connectivity index (χ0) is 16.4. The first-order valence-electron chi connectivity index (χ1n) is 7.07. The van der Waals surface area contributed by atoms with Crippen molar-refractivity contribution >= 4 is 17.9 Å². The van der Waals surface area contributed by atoms with E-state index in [1.165, 1.54) is 0 Å². The van der Waals surface area contributed by atoms with Gasteiger partial charge in [0.05, 0.1) is 0 Å². The van der Waals surface area contributed by atoms with E-state index in [-0.39, 0.29) is 18.4 Å². The fourth-order valence-corrected chi connectivity index (χ4v) is 1.66. The molecular weight excluding hydrogens is 286 g/mol. The number of hydrogen-bond donors (Lipinski definition) is 4. The Bertz CT molecular complexity index is 514. The van der Waals surface area contributed by atoms with Gasteiger partial charge >= 0.3 is 12.0 Å². The molecule has 7 nitrogen and oxygen atoms in total. The molecule has 22 heavy (non-hydrogen) atoms. The summed E-state index contributed by atoms with van der Waals surface area (Å²) in [6.07, 6.45) is 0.403. The van der Waals surface area contributed by atoms with Crippen LogP contribution in [0.1, 0.15) is 28.8 Å². The summed E-state index contributed by atoms with van der Waals surface area (Å²) in [4.78, 5) is 33.4. The monoisotopic (exact) mass is 307 g/mol. The second-order valence-corrected chi connectivity index (χ2v) is 4.80. The third kappa shape index (κ3) is 7.28. The fraction of sp³-hybridized carbons (Fsp3) is 0.400. The van der Waals surface area contributed by atoms with E-state index in [1.54, 1.807) is 12.1 Å². The molecule has 1 aromatic rings. The van der Waals surface area contributed by atoms with E-state index >= 15 is 0 Å². The lowest BCUT2D eigenvalue weighted by Gasteiger charge is -2.08. The van der Waals surface area contributed by atoms with E-state index in [9.17, 15) is 14.4 Å². The lowest BCUT2D eigenvalue weighted by molar-refractivity contribution is -0.137. The number of hydrogen-bond acceptors (Lipinski definition) is 3. The van der Waals surface area contributed by atoms with Crippen molar-refractivity contribution in [3.63, 3.8) is 0 Å². The number of rotatable bonds is 8. The predicted molar refractivity (Wildman–Crippen MR) is 81.8 cm³/mol. The van der Waals surface area contributed by atoms with Crippen LogP contribution >= 0.6 is 0 Å². The number of amides is 3. The molecule has 0 aliphatic carbocycles. The van der Waals surface area contributed by atoms with Crippen LogP contribution in [0, 0.1) is 6.92 Å². The summed E-state index contributed by atoms with van der Waals surface area (Å²) < 4.78 is 0. The molecule has 1 aromatic carbocycles. The summed E-state index contributed by atoms with van der Waals surface area (Å²) in [5.74, 6) is -1.08. The van der Waals surface area contributed by atoms with Crippen LogP contribution in [-0.4, -0.2) is 42.6 Å². The molecular formula is C15H21N3O4. The minimum atomic E-state index is -0.888. The quantitative estimate of drug-likeness (QED) is 0.535. The van der Waals surface area contributed by atoms with Crippen molar-refractivity contribution < 1.29 is 19.5 Å². The van der Waals surface area contributed by atoms with E-state index in [1.807, 2.05) is 19.1 Å². The van der Waals surface area contributed by atoms with Gasteiger partial charge in [0, 0.05) is 31.6 Å². The van der Waals surface area contributed by atoms with Gasteiger partial charge in [-0.3, -0.25) is 9.59 Å². The number of carboxylic acids is 1. The zero-order valence-electron chi connectivity index (χ0n) is 12.5. The first kappa shape index (κ1) is 17.5. The number of carboxylic acid groups (broad SMARTS) is 1. The van der Waals surface area contributed by atoms with Crippen molar-refractivity contribution in [3.8, 4) is 0 Å². The highest BCUT2D eigenvalue weighted by Crippen LogP contribution is 2.02. The largest absolute Gasteiger partial charge is 0.481 e. The van der Waals surface area contributed by atoms with E-state index in [4.69, 9.17) is 5.11 Å². The topological polar surface area (TPSA) is 108 Å². The van der Waals surface area contributed by atoms with Gasteiger partial charge in [-0.25, -0.2) is 4.79 Å². The van der Waals surface area contributed by atoms with Crippen molar-refractivity contribution in [1.29, 1.82) is 0 Å². The van der Waals surface area contributed by atoms with Crippen LogP contribution < -0.4 is 16.0 Å². The Morgan fingerprint density at radius 3 is 2.18 bits per heavy atom. The lowest BCUT2D eigenvalue weighted by Crippen LogP contribution is -2.40. The van der Waals surface area contributed by atoms with Gasteiger partial charge in [-0.05, 0) is 25.5 Å². The molecule has 0 fully saturated rings. The normalized spacial score (nSPS) is 9.86. The van der Waals surface area contributed by atoms with Crippen LogP contribution in [-0.2, 0) is 4.79 Å². The predicted octanol–water partition coefficient (Wildman–Crippen LogP) is 0.889. The number of aliphatic carboxylic acids is 1. The average molecular weight is 307 g/mol. The van der Waals surface area contributed by atoms with E-state index in [0.717, 1.165) is 5.56 Å². The molecule has 0 radical (unpaired) electrons. The van der Waals surface area contributed by atoms with E-state index < -0.39 is 5.97 Å². The first-order valence-corrected chi connectivity index (χ1v) is 7.07. The fourth-order valence-electron chi connectivity index (χ4n) is 1.66. The molecule has 0 aliphatic heterocycles. The highest BCUT2D eigenvalue weighted by molar-refractivity contribution is 5.94. The Kier molecular flexibility index (Phi) is 7.45. The van der Waals surface area contributed by atoms with Crippen LogP contribution in [0.3, 0.4) is 0 Å². The summed E-state index contributed by atoms with van der Waals surface area (Å²) >= 11 is 0. The van der Waals surface area contributed by atoms with Crippen molar-refractivity contribution in [3.05, 3.63) is 35.4 Å². The molecule has 0 unspecified atom stereocenters. The number of aryl methyl sites for hydroxylation is 1. The van der Waals surface area contributed by atoms with Gasteiger partial charge in [0.1, 0.15) is 0 Å². The summed E-state index contributed by atoms with van der Waals surface area (Å²) in [6.45, 7) is 2.85.